The van der Waals surface area contributed by atoms with E-state index in [2.05, 4.69) is 25.7 Å². The van der Waals surface area contributed by atoms with Crippen molar-refractivity contribution in [2.75, 3.05) is 6.54 Å². The van der Waals surface area contributed by atoms with E-state index in [1.165, 1.54) is 24.5 Å². The quantitative estimate of drug-likeness (QED) is 0.231. The summed E-state index contributed by atoms with van der Waals surface area (Å²) in [5.74, 6) is -6.24. The number of aromatic nitrogens is 4. The number of hydrogen-bond donors (Lipinski definition) is 4. The molecule has 0 aromatic carbocycles. The van der Waals surface area contributed by atoms with Gasteiger partial charge < -0.3 is 21.0 Å². The van der Waals surface area contributed by atoms with Gasteiger partial charge in [0, 0.05) is 50.2 Å². The van der Waals surface area contributed by atoms with Crippen LogP contribution in [0.25, 0.3) is 6.08 Å². The Bertz CT molecular complexity index is 1260. The third kappa shape index (κ3) is 7.79. The van der Waals surface area contributed by atoms with E-state index < -0.39 is 48.3 Å². The van der Waals surface area contributed by atoms with E-state index in [0.29, 0.717) is 23.8 Å². The van der Waals surface area contributed by atoms with Crippen LogP contribution in [0.1, 0.15) is 79.9 Å². The Morgan fingerprint density at radius 2 is 2.05 bits per heavy atom. The van der Waals surface area contributed by atoms with Gasteiger partial charge in [0.05, 0.1) is 23.9 Å². The Kier molecular flexibility index (Phi) is 9.27. The third-order valence-corrected chi connectivity index (χ3v) is 7.69. The number of alkyl halides is 5. The number of rotatable bonds is 10. The molecule has 14 heteroatoms. The summed E-state index contributed by atoms with van der Waals surface area (Å²) in [5.41, 5.74) is 0.807. The molecule has 224 valence electrons. The molecular weight excluding hydrogens is 549 g/mol. The van der Waals surface area contributed by atoms with Gasteiger partial charge in [-0.15, -0.1) is 0 Å². The van der Waals surface area contributed by atoms with E-state index in [0.717, 1.165) is 6.42 Å². The van der Waals surface area contributed by atoms with Crippen molar-refractivity contribution in [3.05, 3.63) is 41.7 Å². The van der Waals surface area contributed by atoms with Crippen LogP contribution < -0.4 is 10.6 Å². The molecule has 4 N–H and O–H groups in total. The summed E-state index contributed by atoms with van der Waals surface area (Å²) in [6.45, 7) is 2.03. The lowest BCUT2D eigenvalue weighted by Crippen LogP contribution is -2.46. The van der Waals surface area contributed by atoms with E-state index in [1.54, 1.807) is 10.7 Å². The monoisotopic (exact) mass is 583 g/mol. The van der Waals surface area contributed by atoms with Crippen LogP contribution in [0, 0.1) is 23.2 Å². The highest BCUT2D eigenvalue weighted by Gasteiger charge is 2.44. The summed E-state index contributed by atoms with van der Waals surface area (Å²) in [4.78, 5) is 32.6. The number of allylic oxidation sites excluding steroid dienone is 1. The van der Waals surface area contributed by atoms with Gasteiger partial charge in [-0.1, -0.05) is 6.92 Å². The van der Waals surface area contributed by atoms with Crippen LogP contribution >= 0.6 is 0 Å². The lowest BCUT2D eigenvalue weighted by atomic mass is 9.81. The maximum atomic E-state index is 13.9. The predicted octanol–water partition coefficient (Wildman–Crippen LogP) is 5.05. The second-order valence-electron chi connectivity index (χ2n) is 10.8. The average Bonchev–Trinajstić information content (AvgIpc) is 3.57. The molecule has 0 radical (unpaired) electrons. The minimum atomic E-state index is -4.43. The number of aromatic amines is 1. The molecule has 4 rings (SSSR count). The minimum Gasteiger partial charge on any atom is -0.355 e. The molecule has 1 saturated carbocycles. The number of halogens is 5. The fourth-order valence-corrected chi connectivity index (χ4v) is 5.41. The zero-order chi connectivity index (χ0) is 29.8. The fourth-order valence-electron chi connectivity index (χ4n) is 5.41. The first-order chi connectivity index (χ1) is 19.4. The molecule has 2 aromatic heterocycles. The number of carbonyl (C=O) groups excluding carboxylic acids is 2. The number of nitrogens with zero attached hydrogens (tertiary/aromatic N) is 3. The number of carbonyl (C=O) groups is 2. The van der Waals surface area contributed by atoms with Gasteiger partial charge in [-0.2, -0.15) is 18.3 Å². The van der Waals surface area contributed by atoms with E-state index in [4.69, 9.17) is 5.41 Å². The summed E-state index contributed by atoms with van der Waals surface area (Å²) in [7, 11) is 0. The van der Waals surface area contributed by atoms with Crippen LogP contribution in [-0.4, -0.2) is 55.9 Å². The van der Waals surface area contributed by atoms with E-state index in [1.807, 2.05) is 6.92 Å². The van der Waals surface area contributed by atoms with Crippen LogP contribution in [0.3, 0.4) is 0 Å². The lowest BCUT2D eigenvalue weighted by Gasteiger charge is -2.33. The van der Waals surface area contributed by atoms with Gasteiger partial charge in [0.25, 0.3) is 5.91 Å². The molecule has 0 spiro atoms. The number of piperidine rings is 1. The van der Waals surface area contributed by atoms with Gasteiger partial charge in [0.2, 0.25) is 11.8 Å². The van der Waals surface area contributed by atoms with Crippen molar-refractivity contribution in [3.63, 3.8) is 0 Å². The lowest BCUT2D eigenvalue weighted by molar-refractivity contribution is -0.183. The van der Waals surface area contributed by atoms with Crippen molar-refractivity contribution in [2.24, 2.45) is 17.8 Å². The van der Waals surface area contributed by atoms with Gasteiger partial charge in [0.15, 0.2) is 0 Å². The Balaban J connectivity index is 1.46. The summed E-state index contributed by atoms with van der Waals surface area (Å²) in [6.07, 6.45) is 1.43. The first-order valence-corrected chi connectivity index (χ1v) is 13.7. The molecule has 3 atom stereocenters. The van der Waals surface area contributed by atoms with Crippen molar-refractivity contribution in [1.29, 1.82) is 5.41 Å². The number of hydrogen-bond acceptors (Lipinski definition) is 5. The van der Waals surface area contributed by atoms with Crippen LogP contribution in [0.5, 0.6) is 0 Å². The average molecular weight is 584 g/mol. The second kappa shape index (κ2) is 12.5. The van der Waals surface area contributed by atoms with Gasteiger partial charge in [0.1, 0.15) is 11.5 Å². The summed E-state index contributed by atoms with van der Waals surface area (Å²) in [6, 6.07) is 0.954. The Hall–Kier alpha value is -3.58. The summed E-state index contributed by atoms with van der Waals surface area (Å²) in [5, 5.41) is 17.6. The number of H-pyrrole nitrogens is 1. The highest BCUT2D eigenvalue weighted by Crippen LogP contribution is 2.41. The molecule has 1 unspecified atom stereocenters. The largest absolute Gasteiger partial charge is 0.393 e. The molecule has 1 saturated heterocycles. The van der Waals surface area contributed by atoms with Gasteiger partial charge in [-0.25, -0.2) is 13.8 Å². The van der Waals surface area contributed by atoms with Gasteiger partial charge in [-0.3, -0.25) is 14.3 Å². The molecule has 2 aliphatic rings. The van der Waals surface area contributed by atoms with Crippen molar-refractivity contribution in [1.82, 2.24) is 30.4 Å². The van der Waals surface area contributed by atoms with Crippen molar-refractivity contribution < 1.29 is 31.5 Å². The molecule has 2 amide bonds. The van der Waals surface area contributed by atoms with E-state index in [9.17, 15) is 31.5 Å². The van der Waals surface area contributed by atoms with E-state index >= 15 is 0 Å². The van der Waals surface area contributed by atoms with E-state index in [-0.39, 0.29) is 50.2 Å². The van der Waals surface area contributed by atoms with Crippen LogP contribution in [0.2, 0.25) is 0 Å². The molecule has 2 fully saturated rings. The maximum Gasteiger partial charge on any atom is 0.393 e. The summed E-state index contributed by atoms with van der Waals surface area (Å²) >= 11 is 0. The smallest absolute Gasteiger partial charge is 0.355 e. The van der Waals surface area contributed by atoms with Gasteiger partial charge in [-0.05, 0) is 49.8 Å². The second-order valence-corrected chi connectivity index (χ2v) is 10.8. The third-order valence-electron chi connectivity index (χ3n) is 7.69. The zero-order valence-electron chi connectivity index (χ0n) is 22.6. The SMILES string of the molecule is CCCn1nccc1C(=O)N[C@H](c1cnc(/C=C\C(=N)CC2C[C@@H](C(F)(F)F)CNC2=O)[nH]1)C1CCC(F)(F)CC1. The van der Waals surface area contributed by atoms with Crippen molar-refractivity contribution in [3.8, 4) is 0 Å². The fraction of sp³-hybridized carbons (Fsp3) is 0.593. The standard InChI is InChI=1S/C27H34F5N7O2/c1-2-11-39-21(7-10-36-39)25(41)38-23(16-5-8-26(28,29)9-6-16)20-15-34-22(37-20)4-3-19(33)13-17-12-18(27(30,31)32)14-35-24(17)40/h3-4,7,10,15-18,23,33H,2,5-6,8-9,11-14H2,1H3,(H,34,37)(H,35,40)(H,38,41)/b4-3-,33-19?/t17?,18-,23+/m1/s1. The van der Waals surface area contributed by atoms with Crippen LogP contribution in [0.4, 0.5) is 22.0 Å². The van der Waals surface area contributed by atoms with Crippen LogP contribution in [-0.2, 0) is 11.3 Å². The minimum absolute atomic E-state index is 0.0468. The first-order valence-electron chi connectivity index (χ1n) is 13.7. The Labute approximate surface area is 233 Å². The molecule has 0 bridgehead atoms. The predicted molar refractivity (Wildman–Crippen MR) is 140 cm³/mol. The molecule has 1 aliphatic heterocycles. The van der Waals surface area contributed by atoms with Crippen LogP contribution in [0.15, 0.2) is 24.5 Å². The molecular formula is C27H34F5N7O2. The highest BCUT2D eigenvalue weighted by atomic mass is 19.4. The summed E-state index contributed by atoms with van der Waals surface area (Å²) < 4.78 is 68.7. The number of amides is 2. The zero-order valence-corrected chi connectivity index (χ0v) is 22.6. The maximum absolute atomic E-state index is 13.9. The normalized spacial score (nSPS) is 22.4. The number of nitrogens with one attached hydrogen (secondary N) is 4. The highest BCUT2D eigenvalue weighted by molar-refractivity contribution is 5.98. The van der Waals surface area contributed by atoms with Gasteiger partial charge >= 0.3 is 6.18 Å². The van der Waals surface area contributed by atoms with Crippen molar-refractivity contribution in [2.45, 2.75) is 76.6 Å². The Morgan fingerprint density at radius 3 is 2.73 bits per heavy atom. The first kappa shape index (κ1) is 30.4. The number of imidazole rings is 1. The van der Waals surface area contributed by atoms with Crippen molar-refractivity contribution >= 4 is 23.6 Å². The molecule has 9 nitrogen and oxygen atoms in total. The number of aryl methyl sites for hydroxylation is 1. The molecule has 41 heavy (non-hydrogen) atoms. The molecule has 3 heterocycles. The molecule has 1 aliphatic carbocycles. The topological polar surface area (TPSA) is 129 Å². The Morgan fingerprint density at radius 1 is 1.32 bits per heavy atom. The molecule has 2 aromatic rings.